The second-order valence-electron chi connectivity index (χ2n) is 7.28. The molecule has 0 heterocycles. The smallest absolute Gasteiger partial charge is 0.189 e. The van der Waals surface area contributed by atoms with Gasteiger partial charge >= 0.3 is 0 Å². The van der Waals surface area contributed by atoms with Crippen molar-refractivity contribution in [2.45, 2.75) is 86.0 Å². The molecule has 6 heteroatoms. The molecule has 0 bridgehead atoms. The Morgan fingerprint density at radius 1 is 0.727 bits per heavy atom. The van der Waals surface area contributed by atoms with E-state index in [1.54, 1.807) is 6.92 Å². The van der Waals surface area contributed by atoms with E-state index in [1.165, 1.54) is 0 Å². The maximum atomic E-state index is 10.7. The van der Waals surface area contributed by atoms with Crippen molar-refractivity contribution in [2.24, 2.45) is 17.8 Å². The minimum absolute atomic E-state index is 0. The molecular weight excluding hydrogens is 375 g/mol. The second-order valence-corrected chi connectivity index (χ2v) is 10.9. The predicted octanol–water partition coefficient (Wildman–Crippen LogP) is 3.02. The van der Waals surface area contributed by atoms with Crippen LogP contribution in [0.4, 0.5) is 0 Å². The Balaban J connectivity index is -0.000000105. The number of rotatable bonds is 7. The summed E-state index contributed by atoms with van der Waals surface area (Å²) in [6.45, 7) is 17.1. The topological polar surface area (TPSA) is 103 Å². The van der Waals surface area contributed by atoms with Crippen LogP contribution in [0.15, 0.2) is 0 Å². The van der Waals surface area contributed by atoms with Crippen molar-refractivity contribution in [2.75, 3.05) is 0 Å². The molecule has 0 aliphatic heterocycles. The van der Waals surface area contributed by atoms with Crippen LogP contribution in [0.3, 0.4) is 0 Å². The van der Waals surface area contributed by atoms with Crippen LogP contribution >= 0.6 is 0 Å². The standard InChI is InChI=1S/C12H28OSi.C4H10O.2H2O.Zr/c1-10(2)7-14(13,8-11(3)4)9-12(5)6;1-3-4(2)5;;;/h10-13H,7-9H2,1-6H3;4-5H,3H2,1-2H3;2*1H2;. The summed E-state index contributed by atoms with van der Waals surface area (Å²) >= 11 is 0. The molecule has 0 spiro atoms. The van der Waals surface area contributed by atoms with Crippen molar-refractivity contribution in [3.8, 4) is 0 Å². The van der Waals surface area contributed by atoms with E-state index >= 15 is 0 Å². The summed E-state index contributed by atoms with van der Waals surface area (Å²) in [4.78, 5) is 10.7. The van der Waals surface area contributed by atoms with Gasteiger partial charge < -0.3 is 20.9 Å². The molecule has 0 aromatic heterocycles. The second kappa shape index (κ2) is 18.3. The number of aliphatic hydroxyl groups excluding tert-OH is 1. The summed E-state index contributed by atoms with van der Waals surface area (Å²) in [6.07, 6.45) is 0.745. The molecule has 1 atom stereocenters. The fourth-order valence-electron chi connectivity index (χ4n) is 2.53. The molecular formula is C16H42O4SiZr. The molecule has 138 valence electrons. The molecule has 0 aromatic carbocycles. The number of hydrogen-bond donors (Lipinski definition) is 2. The summed E-state index contributed by atoms with van der Waals surface area (Å²) in [5.74, 6) is 1.93. The summed E-state index contributed by atoms with van der Waals surface area (Å²) in [7, 11) is -1.94. The molecule has 0 aromatic rings. The first kappa shape index (κ1) is 34.3. The molecule has 0 aliphatic carbocycles. The van der Waals surface area contributed by atoms with Gasteiger partial charge in [-0.2, -0.15) is 0 Å². The van der Waals surface area contributed by atoms with Crippen LogP contribution in [0.2, 0.25) is 18.1 Å². The third-order valence-electron chi connectivity index (χ3n) is 2.96. The summed E-state index contributed by atoms with van der Waals surface area (Å²) < 4.78 is 0. The van der Waals surface area contributed by atoms with E-state index < -0.39 is 8.32 Å². The maximum Gasteiger partial charge on any atom is 0.189 e. The van der Waals surface area contributed by atoms with Crippen molar-refractivity contribution in [3.05, 3.63) is 0 Å². The Morgan fingerprint density at radius 3 is 1.00 bits per heavy atom. The monoisotopic (exact) mass is 416 g/mol. The van der Waals surface area contributed by atoms with Gasteiger partial charge in [-0.15, -0.1) is 0 Å². The zero-order chi connectivity index (χ0) is 15.6. The van der Waals surface area contributed by atoms with Gasteiger partial charge in [0.1, 0.15) is 0 Å². The van der Waals surface area contributed by atoms with Crippen molar-refractivity contribution >= 4 is 8.32 Å². The van der Waals surface area contributed by atoms with Gasteiger partial charge in [-0.25, -0.2) is 0 Å². The van der Waals surface area contributed by atoms with Gasteiger partial charge in [0.2, 0.25) is 0 Å². The molecule has 0 saturated heterocycles. The van der Waals surface area contributed by atoms with E-state index in [9.17, 15) is 4.80 Å². The average molecular weight is 418 g/mol. The van der Waals surface area contributed by atoms with Gasteiger partial charge in [0.15, 0.2) is 8.32 Å². The van der Waals surface area contributed by atoms with Crippen molar-refractivity contribution in [1.29, 1.82) is 0 Å². The Labute approximate surface area is 159 Å². The molecule has 22 heavy (non-hydrogen) atoms. The minimum Gasteiger partial charge on any atom is -0.432 e. The first-order valence-electron chi connectivity index (χ1n) is 7.92. The van der Waals surface area contributed by atoms with Gasteiger partial charge in [0, 0.05) is 26.2 Å². The maximum absolute atomic E-state index is 10.7. The SMILES string of the molecule is CC(C)C[Si](O)(CC(C)C)CC(C)C.CCC(C)O.O.O.[Zr]. The minimum atomic E-state index is -1.94. The quantitative estimate of drug-likeness (QED) is 0.622. The third kappa shape index (κ3) is 25.9. The van der Waals surface area contributed by atoms with E-state index in [0.29, 0.717) is 17.8 Å². The van der Waals surface area contributed by atoms with E-state index in [1.807, 2.05) is 6.92 Å². The Kier molecular flexibility index (Phi) is 28.5. The molecule has 0 rings (SSSR count). The van der Waals surface area contributed by atoms with Crippen molar-refractivity contribution < 1.29 is 47.1 Å². The van der Waals surface area contributed by atoms with Crippen molar-refractivity contribution in [1.82, 2.24) is 0 Å². The fourth-order valence-corrected chi connectivity index (χ4v) is 7.59. The molecule has 4 nitrogen and oxygen atoms in total. The van der Waals surface area contributed by atoms with Gasteiger partial charge in [-0.3, -0.25) is 0 Å². The molecule has 1 unspecified atom stereocenters. The Hall–Kier alpha value is 0.940. The predicted molar refractivity (Wildman–Crippen MR) is 96.1 cm³/mol. The largest absolute Gasteiger partial charge is 0.432 e. The third-order valence-corrected chi connectivity index (χ3v) is 7.68. The normalized spacial score (nSPS) is 11.9. The van der Waals surface area contributed by atoms with E-state index in [4.69, 9.17) is 5.11 Å². The first-order valence-corrected chi connectivity index (χ1v) is 10.5. The molecule has 0 radical (unpaired) electrons. The van der Waals surface area contributed by atoms with Crippen molar-refractivity contribution in [3.63, 3.8) is 0 Å². The zero-order valence-electron chi connectivity index (χ0n) is 16.0. The fraction of sp³-hybridized carbons (Fsp3) is 1.00. The number of hydrogen-bond acceptors (Lipinski definition) is 2. The van der Waals surface area contributed by atoms with Crippen LogP contribution in [0.1, 0.15) is 61.8 Å². The van der Waals surface area contributed by atoms with E-state index in [-0.39, 0.29) is 43.3 Å². The van der Waals surface area contributed by atoms with Crippen LogP contribution in [0.5, 0.6) is 0 Å². The number of aliphatic hydroxyl groups is 1. The molecule has 0 aliphatic rings. The molecule has 0 saturated carbocycles. The zero-order valence-corrected chi connectivity index (χ0v) is 19.5. The van der Waals surface area contributed by atoms with Gasteiger partial charge in [-0.1, -0.05) is 48.5 Å². The summed E-state index contributed by atoms with van der Waals surface area (Å²) in [5.41, 5.74) is 0. The van der Waals surface area contributed by atoms with Crippen LogP contribution in [0.25, 0.3) is 0 Å². The van der Waals surface area contributed by atoms with Gasteiger partial charge in [0.25, 0.3) is 0 Å². The first-order chi connectivity index (χ1) is 8.52. The van der Waals surface area contributed by atoms with Gasteiger partial charge in [-0.05, 0) is 49.2 Å². The average Bonchev–Trinajstić information content (AvgIpc) is 2.13. The van der Waals surface area contributed by atoms with Crippen LogP contribution in [-0.2, 0) is 26.2 Å². The molecule has 0 amide bonds. The molecule has 0 fully saturated rings. The Morgan fingerprint density at radius 2 is 0.909 bits per heavy atom. The van der Waals surface area contributed by atoms with Gasteiger partial charge in [0.05, 0.1) is 6.10 Å². The summed E-state index contributed by atoms with van der Waals surface area (Å²) in [5, 5.41) is 8.36. The van der Waals surface area contributed by atoms with E-state index in [0.717, 1.165) is 24.6 Å². The van der Waals surface area contributed by atoms with E-state index in [2.05, 4.69) is 41.5 Å². The Bertz CT molecular complexity index is 186. The molecule has 6 N–H and O–H groups in total. The van der Waals surface area contributed by atoms with Crippen LogP contribution in [-0.4, -0.2) is 35.3 Å². The van der Waals surface area contributed by atoms with Crippen LogP contribution < -0.4 is 0 Å². The van der Waals surface area contributed by atoms with Crippen LogP contribution in [0, 0.1) is 17.8 Å². The summed E-state index contributed by atoms with van der Waals surface area (Å²) in [6, 6.07) is 3.22.